The second kappa shape index (κ2) is 5.89. The Bertz CT molecular complexity index is 451. The van der Waals surface area contributed by atoms with Crippen molar-refractivity contribution in [3.05, 3.63) is 28.0 Å². The number of hydrogen-bond acceptors (Lipinski definition) is 2. The average Bonchev–Trinajstić information content (AvgIpc) is 2.32. The number of pyridine rings is 1. The summed E-state index contributed by atoms with van der Waals surface area (Å²) in [6, 6.07) is 1.75. The monoisotopic (exact) mass is 286 g/mol. The van der Waals surface area contributed by atoms with Gasteiger partial charge in [-0.15, -0.1) is 0 Å². The molecule has 1 aliphatic rings. The first-order valence-corrected chi connectivity index (χ1v) is 6.93. The minimum Gasteiger partial charge on any atom is -0.349 e. The van der Waals surface area contributed by atoms with Crippen LogP contribution < -0.4 is 5.32 Å². The molecule has 2 unspecified atom stereocenters. The predicted molar refractivity (Wildman–Crippen MR) is 73.1 cm³/mol. The Morgan fingerprint density at radius 1 is 1.44 bits per heavy atom. The van der Waals surface area contributed by atoms with E-state index in [1.807, 2.05) is 0 Å². The largest absolute Gasteiger partial charge is 0.349 e. The summed E-state index contributed by atoms with van der Waals surface area (Å²) < 4.78 is 0. The molecule has 3 nitrogen and oxygen atoms in total. The highest BCUT2D eigenvalue weighted by molar-refractivity contribution is 6.35. The van der Waals surface area contributed by atoms with Crippen molar-refractivity contribution in [2.24, 2.45) is 5.92 Å². The van der Waals surface area contributed by atoms with Gasteiger partial charge < -0.3 is 5.32 Å². The van der Waals surface area contributed by atoms with Gasteiger partial charge in [-0.1, -0.05) is 43.0 Å². The predicted octanol–water partition coefficient (Wildman–Crippen LogP) is 3.70. The van der Waals surface area contributed by atoms with Gasteiger partial charge >= 0.3 is 0 Å². The fourth-order valence-corrected chi connectivity index (χ4v) is 2.76. The van der Waals surface area contributed by atoms with E-state index in [0.717, 1.165) is 19.3 Å². The maximum atomic E-state index is 12.1. The fourth-order valence-electron chi connectivity index (χ4n) is 2.42. The first-order valence-electron chi connectivity index (χ1n) is 6.18. The van der Waals surface area contributed by atoms with Crippen molar-refractivity contribution >= 4 is 29.1 Å². The number of aromatic nitrogens is 1. The summed E-state index contributed by atoms with van der Waals surface area (Å²) in [5.41, 5.74) is 0.398. The van der Waals surface area contributed by atoms with Crippen LogP contribution in [0.2, 0.25) is 10.2 Å². The molecule has 1 aromatic rings. The molecule has 1 aliphatic carbocycles. The maximum Gasteiger partial charge on any atom is 0.253 e. The Morgan fingerprint density at radius 3 is 2.94 bits per heavy atom. The molecule has 0 bridgehead atoms. The third-order valence-corrected chi connectivity index (χ3v) is 3.85. The highest BCUT2D eigenvalue weighted by atomic mass is 35.5. The zero-order valence-electron chi connectivity index (χ0n) is 10.2. The summed E-state index contributed by atoms with van der Waals surface area (Å²) in [6.45, 7) is 2.22. The molecule has 1 heterocycles. The SMILES string of the molecule is CC1CCCC(NC(=O)c2cc(Cl)ncc2Cl)C1. The van der Waals surface area contributed by atoms with Gasteiger partial charge in [-0.05, 0) is 24.8 Å². The van der Waals surface area contributed by atoms with Crippen molar-refractivity contribution in [1.82, 2.24) is 10.3 Å². The molecular weight excluding hydrogens is 271 g/mol. The third kappa shape index (κ3) is 3.36. The van der Waals surface area contributed by atoms with Crippen LogP contribution in [0.15, 0.2) is 12.3 Å². The highest BCUT2D eigenvalue weighted by Gasteiger charge is 2.22. The molecule has 0 aromatic carbocycles. The van der Waals surface area contributed by atoms with Crippen LogP contribution in [-0.4, -0.2) is 16.9 Å². The molecule has 1 aromatic heterocycles. The van der Waals surface area contributed by atoms with Gasteiger partial charge in [-0.2, -0.15) is 0 Å². The molecule has 2 atom stereocenters. The van der Waals surface area contributed by atoms with Crippen molar-refractivity contribution in [3.8, 4) is 0 Å². The third-order valence-electron chi connectivity index (χ3n) is 3.34. The van der Waals surface area contributed by atoms with Crippen LogP contribution in [-0.2, 0) is 0 Å². The molecule has 98 valence electrons. The van der Waals surface area contributed by atoms with Gasteiger partial charge in [0.1, 0.15) is 5.15 Å². The van der Waals surface area contributed by atoms with Gasteiger partial charge in [0.25, 0.3) is 5.91 Å². The lowest BCUT2D eigenvalue weighted by atomic mass is 9.87. The first kappa shape index (κ1) is 13.6. The van der Waals surface area contributed by atoms with E-state index in [0.29, 0.717) is 16.5 Å². The Morgan fingerprint density at radius 2 is 2.22 bits per heavy atom. The normalized spacial score (nSPS) is 23.7. The zero-order valence-corrected chi connectivity index (χ0v) is 11.8. The van der Waals surface area contributed by atoms with Crippen LogP contribution in [0.25, 0.3) is 0 Å². The van der Waals surface area contributed by atoms with Crippen molar-refractivity contribution in [2.45, 2.75) is 38.6 Å². The number of halogens is 2. The Balaban J connectivity index is 2.05. The van der Waals surface area contributed by atoms with E-state index < -0.39 is 0 Å². The summed E-state index contributed by atoms with van der Waals surface area (Å²) in [5.74, 6) is 0.504. The lowest BCUT2D eigenvalue weighted by Gasteiger charge is -2.27. The molecule has 1 N–H and O–H groups in total. The molecule has 5 heteroatoms. The number of amides is 1. The van der Waals surface area contributed by atoms with Gasteiger partial charge in [0.2, 0.25) is 0 Å². The lowest BCUT2D eigenvalue weighted by Crippen LogP contribution is -2.38. The Kier molecular flexibility index (Phi) is 4.46. The quantitative estimate of drug-likeness (QED) is 0.843. The highest BCUT2D eigenvalue weighted by Crippen LogP contribution is 2.24. The zero-order chi connectivity index (χ0) is 13.1. The minimum absolute atomic E-state index is 0.164. The van der Waals surface area contributed by atoms with Crippen LogP contribution in [0.4, 0.5) is 0 Å². The van der Waals surface area contributed by atoms with Crippen LogP contribution in [0, 0.1) is 5.92 Å². The molecule has 0 radical (unpaired) electrons. The second-order valence-corrected chi connectivity index (χ2v) is 5.72. The smallest absolute Gasteiger partial charge is 0.253 e. The molecule has 1 fully saturated rings. The van der Waals surface area contributed by atoms with Crippen molar-refractivity contribution < 1.29 is 4.79 Å². The molecule has 1 amide bonds. The first-order chi connectivity index (χ1) is 8.56. The Hall–Kier alpha value is -0.800. The van der Waals surface area contributed by atoms with Crippen LogP contribution >= 0.6 is 23.2 Å². The standard InChI is InChI=1S/C13H16Cl2N2O/c1-8-3-2-4-9(5-8)17-13(18)10-6-12(15)16-7-11(10)14/h6-9H,2-5H2,1H3,(H,17,18). The van der Waals surface area contributed by atoms with Crippen LogP contribution in [0.5, 0.6) is 0 Å². The van der Waals surface area contributed by atoms with E-state index in [9.17, 15) is 4.79 Å². The molecule has 0 spiro atoms. The topological polar surface area (TPSA) is 42.0 Å². The van der Waals surface area contributed by atoms with Gasteiger partial charge in [0, 0.05) is 12.2 Å². The Labute approximate surface area is 117 Å². The van der Waals surface area contributed by atoms with E-state index in [2.05, 4.69) is 17.2 Å². The lowest BCUT2D eigenvalue weighted by molar-refractivity contribution is 0.0921. The van der Waals surface area contributed by atoms with E-state index in [4.69, 9.17) is 23.2 Å². The molecule has 2 rings (SSSR count). The fraction of sp³-hybridized carbons (Fsp3) is 0.538. The van der Waals surface area contributed by atoms with E-state index in [1.54, 1.807) is 0 Å². The van der Waals surface area contributed by atoms with Crippen molar-refractivity contribution in [2.75, 3.05) is 0 Å². The number of carbonyl (C=O) groups excluding carboxylic acids is 1. The number of nitrogens with zero attached hydrogens (tertiary/aromatic N) is 1. The molecular formula is C13H16Cl2N2O. The number of rotatable bonds is 2. The van der Waals surface area contributed by atoms with E-state index >= 15 is 0 Å². The maximum absolute atomic E-state index is 12.1. The summed E-state index contributed by atoms with van der Waals surface area (Å²) in [7, 11) is 0. The van der Waals surface area contributed by atoms with E-state index in [-0.39, 0.29) is 17.1 Å². The van der Waals surface area contributed by atoms with E-state index in [1.165, 1.54) is 18.7 Å². The number of nitrogens with one attached hydrogen (secondary N) is 1. The van der Waals surface area contributed by atoms with Crippen LogP contribution in [0.3, 0.4) is 0 Å². The van der Waals surface area contributed by atoms with Crippen LogP contribution in [0.1, 0.15) is 43.0 Å². The molecule has 1 saturated carbocycles. The van der Waals surface area contributed by atoms with Gasteiger partial charge in [0.05, 0.1) is 10.6 Å². The number of hydrogen-bond donors (Lipinski definition) is 1. The summed E-state index contributed by atoms with van der Waals surface area (Å²) in [6.07, 6.45) is 5.88. The summed E-state index contributed by atoms with van der Waals surface area (Å²) in [4.78, 5) is 15.9. The second-order valence-electron chi connectivity index (χ2n) is 4.93. The van der Waals surface area contributed by atoms with Crippen molar-refractivity contribution in [1.29, 1.82) is 0 Å². The minimum atomic E-state index is -0.164. The van der Waals surface area contributed by atoms with Gasteiger partial charge in [-0.3, -0.25) is 4.79 Å². The summed E-state index contributed by atoms with van der Waals surface area (Å²) >= 11 is 11.7. The van der Waals surface area contributed by atoms with Gasteiger partial charge in [0.15, 0.2) is 0 Å². The average molecular weight is 287 g/mol. The number of carbonyl (C=O) groups is 1. The molecule has 0 aliphatic heterocycles. The van der Waals surface area contributed by atoms with Gasteiger partial charge in [-0.25, -0.2) is 4.98 Å². The van der Waals surface area contributed by atoms with Crippen molar-refractivity contribution in [3.63, 3.8) is 0 Å². The molecule has 0 saturated heterocycles. The molecule has 18 heavy (non-hydrogen) atoms. The summed E-state index contributed by atoms with van der Waals surface area (Å²) in [5, 5.41) is 3.64.